The van der Waals surface area contributed by atoms with E-state index in [1.807, 2.05) is 18.2 Å². The van der Waals surface area contributed by atoms with Crippen molar-refractivity contribution in [2.45, 2.75) is 0 Å². The van der Waals surface area contributed by atoms with Gasteiger partial charge in [-0.3, -0.25) is 0 Å². The minimum atomic E-state index is 0.0354. The molecular weight excluding hydrogens is 456 g/mol. The number of halogens is 3. The number of amidine groups is 1. The van der Waals surface area contributed by atoms with Gasteiger partial charge in [-0.2, -0.15) is 0 Å². The van der Waals surface area contributed by atoms with Gasteiger partial charge in [0.1, 0.15) is 11.5 Å². The normalized spacial score (nSPS) is 11.4. The molecule has 0 aliphatic heterocycles. The zero-order valence-electron chi connectivity index (χ0n) is 9.98. The van der Waals surface area contributed by atoms with Crippen molar-refractivity contribution < 1.29 is 9.94 Å². The van der Waals surface area contributed by atoms with Gasteiger partial charge >= 0.3 is 0 Å². The molecule has 4 nitrogen and oxygen atoms in total. The summed E-state index contributed by atoms with van der Waals surface area (Å²) in [5, 5.41) is 11.6. The molecule has 2 aromatic rings. The summed E-state index contributed by atoms with van der Waals surface area (Å²) in [7, 11) is 0. The summed E-state index contributed by atoms with van der Waals surface area (Å²) < 4.78 is 8.25. The number of nitrogens with zero attached hydrogens (tertiary/aromatic N) is 1. The van der Waals surface area contributed by atoms with Crippen LogP contribution < -0.4 is 10.5 Å². The van der Waals surface area contributed by atoms with Crippen LogP contribution in [0.4, 0.5) is 0 Å². The molecule has 0 atom stereocenters. The molecule has 2 rings (SSSR count). The SMILES string of the molecule is N/C(=N/O)c1ccc(Oc2ccc(Br)cc2Br)cc1Br. The maximum atomic E-state index is 8.68. The number of oxime groups is 1. The monoisotopic (exact) mass is 462 g/mol. The summed E-state index contributed by atoms with van der Waals surface area (Å²) in [6.07, 6.45) is 0. The first-order chi connectivity index (χ1) is 9.51. The fourth-order valence-corrected chi connectivity index (χ4v) is 3.19. The molecule has 7 heteroatoms. The minimum absolute atomic E-state index is 0.0354. The zero-order chi connectivity index (χ0) is 14.7. The van der Waals surface area contributed by atoms with Crippen LogP contribution in [0.25, 0.3) is 0 Å². The van der Waals surface area contributed by atoms with E-state index >= 15 is 0 Å². The van der Waals surface area contributed by atoms with Gasteiger partial charge in [0.25, 0.3) is 0 Å². The lowest BCUT2D eigenvalue weighted by Gasteiger charge is -2.10. The highest BCUT2D eigenvalue weighted by Gasteiger charge is 2.08. The predicted octanol–water partition coefficient (Wildman–Crippen LogP) is 4.86. The van der Waals surface area contributed by atoms with E-state index in [0.717, 1.165) is 8.95 Å². The van der Waals surface area contributed by atoms with E-state index < -0.39 is 0 Å². The van der Waals surface area contributed by atoms with Crippen molar-refractivity contribution in [1.82, 2.24) is 0 Å². The zero-order valence-corrected chi connectivity index (χ0v) is 14.7. The fraction of sp³-hybridized carbons (Fsp3) is 0. The molecule has 0 amide bonds. The highest BCUT2D eigenvalue weighted by molar-refractivity contribution is 9.11. The maximum Gasteiger partial charge on any atom is 0.171 e. The number of ether oxygens (including phenoxy) is 1. The van der Waals surface area contributed by atoms with Crippen LogP contribution in [0.2, 0.25) is 0 Å². The first-order valence-electron chi connectivity index (χ1n) is 5.41. The van der Waals surface area contributed by atoms with Gasteiger partial charge in [-0.05, 0) is 68.3 Å². The molecule has 2 aromatic carbocycles. The van der Waals surface area contributed by atoms with Crippen molar-refractivity contribution in [3.63, 3.8) is 0 Å². The molecule has 0 unspecified atom stereocenters. The molecule has 0 saturated carbocycles. The smallest absolute Gasteiger partial charge is 0.171 e. The second-order valence-corrected chi connectivity index (χ2v) is 6.43. The van der Waals surface area contributed by atoms with Crippen LogP contribution in [0.5, 0.6) is 11.5 Å². The van der Waals surface area contributed by atoms with Crippen molar-refractivity contribution in [3.05, 3.63) is 55.4 Å². The summed E-state index contributed by atoms with van der Waals surface area (Å²) in [6.45, 7) is 0. The van der Waals surface area contributed by atoms with E-state index in [1.54, 1.807) is 18.2 Å². The molecule has 0 fully saturated rings. The topological polar surface area (TPSA) is 67.8 Å². The predicted molar refractivity (Wildman–Crippen MR) is 88.6 cm³/mol. The van der Waals surface area contributed by atoms with Gasteiger partial charge in [0, 0.05) is 14.5 Å². The Kier molecular flexibility index (Phi) is 5.06. The van der Waals surface area contributed by atoms with Gasteiger partial charge in [-0.25, -0.2) is 0 Å². The van der Waals surface area contributed by atoms with Crippen LogP contribution in [0, 0.1) is 0 Å². The summed E-state index contributed by atoms with van der Waals surface area (Å²) in [4.78, 5) is 0. The largest absolute Gasteiger partial charge is 0.456 e. The Balaban J connectivity index is 2.29. The summed E-state index contributed by atoms with van der Waals surface area (Å²) in [5.41, 5.74) is 6.15. The third-order valence-electron chi connectivity index (χ3n) is 2.45. The maximum absolute atomic E-state index is 8.68. The van der Waals surface area contributed by atoms with Crippen molar-refractivity contribution in [2.75, 3.05) is 0 Å². The number of rotatable bonds is 3. The van der Waals surface area contributed by atoms with Crippen LogP contribution in [0.1, 0.15) is 5.56 Å². The van der Waals surface area contributed by atoms with Gasteiger partial charge in [0.2, 0.25) is 0 Å². The Morgan fingerprint density at radius 2 is 1.80 bits per heavy atom. The van der Waals surface area contributed by atoms with Crippen LogP contribution in [0.3, 0.4) is 0 Å². The van der Waals surface area contributed by atoms with Crippen LogP contribution in [-0.2, 0) is 0 Å². The van der Waals surface area contributed by atoms with Gasteiger partial charge in [-0.15, -0.1) is 0 Å². The van der Waals surface area contributed by atoms with E-state index in [9.17, 15) is 0 Å². The summed E-state index contributed by atoms with van der Waals surface area (Å²) in [5.74, 6) is 1.36. The highest BCUT2D eigenvalue weighted by atomic mass is 79.9. The number of hydrogen-bond acceptors (Lipinski definition) is 3. The Bertz CT molecular complexity index is 675. The van der Waals surface area contributed by atoms with Gasteiger partial charge in [0.15, 0.2) is 5.84 Å². The number of nitrogens with two attached hydrogens (primary N) is 1. The van der Waals surface area contributed by atoms with E-state index in [0.29, 0.717) is 21.5 Å². The standard InChI is InChI=1S/C13H9Br3N2O2/c14-7-1-4-12(11(16)5-7)20-8-2-3-9(10(15)6-8)13(17)18-19/h1-6,19H,(H2,17,18). The van der Waals surface area contributed by atoms with E-state index in [4.69, 9.17) is 15.7 Å². The lowest BCUT2D eigenvalue weighted by molar-refractivity contribution is 0.318. The Morgan fingerprint density at radius 1 is 1.05 bits per heavy atom. The molecule has 20 heavy (non-hydrogen) atoms. The van der Waals surface area contributed by atoms with Crippen LogP contribution in [0.15, 0.2) is 55.0 Å². The average molecular weight is 465 g/mol. The van der Waals surface area contributed by atoms with Crippen molar-refractivity contribution in [2.24, 2.45) is 10.9 Å². The Labute approximate surface area is 141 Å². The molecule has 3 N–H and O–H groups in total. The van der Waals surface area contributed by atoms with Crippen molar-refractivity contribution in [1.29, 1.82) is 0 Å². The van der Waals surface area contributed by atoms with Gasteiger partial charge in [-0.1, -0.05) is 21.1 Å². The first kappa shape index (κ1) is 15.3. The molecule has 104 valence electrons. The molecule has 0 aliphatic rings. The molecule has 0 spiro atoms. The van der Waals surface area contributed by atoms with Crippen LogP contribution >= 0.6 is 47.8 Å². The quantitative estimate of drug-likeness (QED) is 0.295. The molecule has 0 aromatic heterocycles. The Hall–Kier alpha value is -1.05. The first-order valence-corrected chi connectivity index (χ1v) is 7.79. The lowest BCUT2D eigenvalue weighted by Crippen LogP contribution is -2.13. The van der Waals surface area contributed by atoms with Gasteiger partial charge in [0.05, 0.1) is 4.47 Å². The molecule has 0 bridgehead atoms. The number of benzene rings is 2. The van der Waals surface area contributed by atoms with E-state index in [1.165, 1.54) is 0 Å². The summed E-state index contributed by atoms with van der Waals surface area (Å²) in [6, 6.07) is 10.8. The third-order valence-corrected chi connectivity index (χ3v) is 4.22. The molecule has 0 aliphatic carbocycles. The van der Waals surface area contributed by atoms with Gasteiger partial charge < -0.3 is 15.7 Å². The molecular formula is C13H9Br3N2O2. The average Bonchev–Trinajstić information content (AvgIpc) is 2.41. The van der Waals surface area contributed by atoms with E-state index in [-0.39, 0.29) is 5.84 Å². The fourth-order valence-electron chi connectivity index (χ4n) is 1.51. The molecule has 0 saturated heterocycles. The van der Waals surface area contributed by atoms with Crippen LogP contribution in [-0.4, -0.2) is 11.0 Å². The summed E-state index contributed by atoms with van der Waals surface area (Å²) >= 11 is 10.2. The number of hydrogen-bond donors (Lipinski definition) is 2. The Morgan fingerprint density at radius 3 is 2.40 bits per heavy atom. The lowest BCUT2D eigenvalue weighted by atomic mass is 10.2. The van der Waals surface area contributed by atoms with Crippen molar-refractivity contribution >= 4 is 53.6 Å². The molecule has 0 heterocycles. The minimum Gasteiger partial charge on any atom is -0.456 e. The third kappa shape index (κ3) is 3.53. The molecule has 0 radical (unpaired) electrons. The van der Waals surface area contributed by atoms with Crippen molar-refractivity contribution in [3.8, 4) is 11.5 Å². The second-order valence-electron chi connectivity index (χ2n) is 3.80. The second kappa shape index (κ2) is 6.60. The highest BCUT2D eigenvalue weighted by Crippen LogP contribution is 2.33. The van der Waals surface area contributed by atoms with E-state index in [2.05, 4.69) is 52.9 Å².